The molecule has 0 saturated heterocycles. The van der Waals surface area contributed by atoms with Gasteiger partial charge in [0.2, 0.25) is 11.8 Å². The summed E-state index contributed by atoms with van der Waals surface area (Å²) in [7, 11) is 1.67. The lowest BCUT2D eigenvalue weighted by Crippen LogP contribution is -2.36. The number of benzene rings is 2. The number of nitrogens with one attached hydrogen (secondary N) is 2. The molecule has 0 spiro atoms. The van der Waals surface area contributed by atoms with E-state index >= 15 is 0 Å². The average Bonchev–Trinajstić information content (AvgIpc) is 3.18. The van der Waals surface area contributed by atoms with Crippen molar-refractivity contribution in [2.24, 2.45) is 0 Å². The van der Waals surface area contributed by atoms with E-state index in [-0.39, 0.29) is 24.9 Å². The number of aryl methyl sites for hydroxylation is 1. The van der Waals surface area contributed by atoms with E-state index in [1.54, 1.807) is 17.3 Å². The van der Waals surface area contributed by atoms with Gasteiger partial charge in [-0.2, -0.15) is 0 Å². The summed E-state index contributed by atoms with van der Waals surface area (Å²) in [4.78, 5) is 30.4. The first-order valence-corrected chi connectivity index (χ1v) is 10.5. The summed E-state index contributed by atoms with van der Waals surface area (Å²) in [5, 5.41) is 7.50. The first-order valence-electron chi connectivity index (χ1n) is 9.62. The predicted molar refractivity (Wildman–Crippen MR) is 118 cm³/mol. The van der Waals surface area contributed by atoms with Crippen molar-refractivity contribution in [1.82, 2.24) is 9.88 Å². The van der Waals surface area contributed by atoms with E-state index in [1.807, 2.05) is 31.2 Å². The summed E-state index contributed by atoms with van der Waals surface area (Å²) in [6.45, 7) is 2.05. The van der Waals surface area contributed by atoms with Gasteiger partial charge in [0, 0.05) is 16.6 Å². The number of carbonyl (C=O) groups excluding carboxylic acids is 2. The molecule has 0 fully saturated rings. The average molecular weight is 445 g/mol. The van der Waals surface area contributed by atoms with Crippen molar-refractivity contribution in [2.75, 3.05) is 30.8 Å². The van der Waals surface area contributed by atoms with Gasteiger partial charge in [0.1, 0.15) is 0 Å². The van der Waals surface area contributed by atoms with Crippen LogP contribution in [0.4, 0.5) is 19.6 Å². The number of amides is 2. The van der Waals surface area contributed by atoms with Gasteiger partial charge in [-0.3, -0.25) is 14.5 Å². The number of nitrogens with zero attached hydrogens (tertiary/aromatic N) is 2. The number of carbonyl (C=O) groups is 2. The quantitative estimate of drug-likeness (QED) is 0.547. The molecular formula is C22H22F2N4O2S. The Morgan fingerprint density at radius 2 is 1.74 bits per heavy atom. The summed E-state index contributed by atoms with van der Waals surface area (Å²) in [5.41, 5.74) is 2.65. The van der Waals surface area contributed by atoms with Crippen molar-refractivity contribution in [2.45, 2.75) is 13.3 Å². The second-order valence-electron chi connectivity index (χ2n) is 6.95. The third-order valence-corrected chi connectivity index (χ3v) is 5.22. The van der Waals surface area contributed by atoms with E-state index in [9.17, 15) is 18.4 Å². The minimum absolute atomic E-state index is 0.0110. The molecule has 2 amide bonds. The minimum Gasteiger partial charge on any atom is -0.325 e. The molecule has 1 heterocycles. The molecule has 2 N–H and O–H groups in total. The lowest BCUT2D eigenvalue weighted by molar-refractivity contribution is -0.119. The number of rotatable bonds is 8. The van der Waals surface area contributed by atoms with Gasteiger partial charge in [0.25, 0.3) is 0 Å². The van der Waals surface area contributed by atoms with Gasteiger partial charge < -0.3 is 10.6 Å². The summed E-state index contributed by atoms with van der Waals surface area (Å²) >= 11 is 1.17. The molecule has 0 aliphatic rings. The second kappa shape index (κ2) is 10.2. The summed E-state index contributed by atoms with van der Waals surface area (Å²) in [6.07, 6.45) is 0.801. The van der Waals surface area contributed by atoms with Crippen LogP contribution in [0.2, 0.25) is 0 Å². The van der Waals surface area contributed by atoms with E-state index in [2.05, 4.69) is 15.6 Å². The molecule has 0 aliphatic carbocycles. The van der Waals surface area contributed by atoms with Gasteiger partial charge in [0.05, 0.1) is 18.8 Å². The molecule has 162 valence electrons. The lowest BCUT2D eigenvalue weighted by Gasteiger charge is -2.16. The molecule has 1 aromatic heterocycles. The van der Waals surface area contributed by atoms with Crippen LogP contribution in [0.3, 0.4) is 0 Å². The van der Waals surface area contributed by atoms with Crippen molar-refractivity contribution in [1.29, 1.82) is 0 Å². The van der Waals surface area contributed by atoms with E-state index in [1.165, 1.54) is 17.4 Å². The number of thiazole rings is 1. The largest absolute Gasteiger partial charge is 0.325 e. The van der Waals surface area contributed by atoms with Crippen molar-refractivity contribution in [3.63, 3.8) is 0 Å². The van der Waals surface area contributed by atoms with E-state index in [4.69, 9.17) is 0 Å². The Bertz CT molecular complexity index is 1090. The van der Waals surface area contributed by atoms with Gasteiger partial charge in [-0.05, 0) is 43.3 Å². The molecule has 3 aromatic rings. The van der Waals surface area contributed by atoms with Gasteiger partial charge in [-0.15, -0.1) is 11.3 Å². The summed E-state index contributed by atoms with van der Waals surface area (Å²) in [6, 6.07) is 11.1. The first kappa shape index (κ1) is 22.5. The van der Waals surface area contributed by atoms with Crippen LogP contribution in [0.15, 0.2) is 47.8 Å². The Labute approximate surface area is 182 Å². The van der Waals surface area contributed by atoms with Crippen LogP contribution in [0, 0.1) is 11.6 Å². The number of hydrogen-bond acceptors (Lipinski definition) is 5. The van der Waals surface area contributed by atoms with Crippen molar-refractivity contribution in [3.8, 4) is 11.3 Å². The van der Waals surface area contributed by atoms with Crippen molar-refractivity contribution in [3.05, 3.63) is 65.0 Å². The van der Waals surface area contributed by atoms with Crippen molar-refractivity contribution < 1.29 is 18.4 Å². The highest BCUT2D eigenvalue weighted by Crippen LogP contribution is 2.26. The first-order chi connectivity index (χ1) is 14.9. The molecule has 0 radical (unpaired) electrons. The topological polar surface area (TPSA) is 74.3 Å². The highest BCUT2D eigenvalue weighted by Gasteiger charge is 2.14. The van der Waals surface area contributed by atoms with Crippen LogP contribution >= 0.6 is 11.3 Å². The van der Waals surface area contributed by atoms with Crippen LogP contribution < -0.4 is 10.6 Å². The van der Waals surface area contributed by atoms with Gasteiger partial charge in [0.15, 0.2) is 16.8 Å². The molecule has 3 rings (SSSR count). The number of halogens is 2. The summed E-state index contributed by atoms with van der Waals surface area (Å²) in [5.74, 6) is -2.45. The smallest absolute Gasteiger partial charge is 0.240 e. The SMILES string of the molecule is CCc1ccccc1NC(=O)CN(C)CC(=O)Nc1nc(-c2ccc(F)c(F)c2)cs1. The molecule has 0 aliphatic heterocycles. The Balaban J connectivity index is 1.51. The predicted octanol–water partition coefficient (Wildman–Crippen LogP) is 4.16. The molecule has 6 nitrogen and oxygen atoms in total. The maximum Gasteiger partial charge on any atom is 0.240 e. The maximum atomic E-state index is 13.4. The fourth-order valence-corrected chi connectivity index (χ4v) is 3.70. The van der Waals surface area contributed by atoms with Crippen molar-refractivity contribution >= 4 is 34.0 Å². The monoisotopic (exact) mass is 444 g/mol. The second-order valence-corrected chi connectivity index (χ2v) is 7.80. The van der Waals surface area contributed by atoms with Crippen LogP contribution in [0.1, 0.15) is 12.5 Å². The van der Waals surface area contributed by atoms with Gasteiger partial charge in [-0.1, -0.05) is 25.1 Å². The minimum atomic E-state index is -0.961. The molecule has 0 unspecified atom stereocenters. The highest BCUT2D eigenvalue weighted by molar-refractivity contribution is 7.14. The Kier molecular flexibility index (Phi) is 7.43. The molecule has 0 atom stereocenters. The third-order valence-electron chi connectivity index (χ3n) is 4.47. The molecule has 9 heteroatoms. The van der Waals surface area contributed by atoms with Gasteiger partial charge >= 0.3 is 0 Å². The third kappa shape index (κ3) is 6.16. The molecular weight excluding hydrogens is 422 g/mol. The molecule has 31 heavy (non-hydrogen) atoms. The highest BCUT2D eigenvalue weighted by atomic mass is 32.1. The Morgan fingerprint density at radius 3 is 2.45 bits per heavy atom. The standard InChI is InChI=1S/C22H22F2N4O2S/c1-3-14-6-4-5-7-18(14)25-20(29)11-28(2)12-21(30)27-22-26-19(13-31-22)15-8-9-16(23)17(24)10-15/h4-10,13H,3,11-12H2,1-2H3,(H,25,29)(H,26,27,30). The maximum absolute atomic E-state index is 13.4. The van der Waals surface area contributed by atoms with Gasteiger partial charge in [-0.25, -0.2) is 13.8 Å². The number of likely N-dealkylation sites (N-methyl/N-ethyl adjacent to an activating group) is 1. The lowest BCUT2D eigenvalue weighted by atomic mass is 10.1. The van der Waals surface area contributed by atoms with E-state index in [0.29, 0.717) is 16.4 Å². The summed E-state index contributed by atoms with van der Waals surface area (Å²) < 4.78 is 26.5. The Morgan fingerprint density at radius 1 is 1.03 bits per heavy atom. The van der Waals surface area contributed by atoms with Crippen LogP contribution in [0.5, 0.6) is 0 Å². The zero-order valence-corrected chi connectivity index (χ0v) is 17.9. The molecule has 0 bridgehead atoms. The fourth-order valence-electron chi connectivity index (χ4n) is 2.96. The van der Waals surface area contributed by atoms with E-state index in [0.717, 1.165) is 29.8 Å². The number of aromatic nitrogens is 1. The van der Waals surface area contributed by atoms with E-state index < -0.39 is 11.6 Å². The zero-order valence-electron chi connectivity index (χ0n) is 17.1. The number of anilines is 2. The van der Waals surface area contributed by atoms with Crippen LogP contribution in [-0.4, -0.2) is 41.8 Å². The normalized spacial score (nSPS) is 10.9. The fraction of sp³-hybridized carbons (Fsp3) is 0.227. The van der Waals surface area contributed by atoms with Crippen LogP contribution in [0.25, 0.3) is 11.3 Å². The number of hydrogen-bond donors (Lipinski definition) is 2. The zero-order chi connectivity index (χ0) is 22.4. The Hall–Kier alpha value is -3.17. The molecule has 2 aromatic carbocycles. The number of para-hydroxylation sites is 1. The van der Waals surface area contributed by atoms with Crippen LogP contribution in [-0.2, 0) is 16.0 Å². The molecule has 0 saturated carbocycles.